The summed E-state index contributed by atoms with van der Waals surface area (Å²) in [6, 6.07) is 7.13. The molecule has 160 valence electrons. The zero-order valence-corrected chi connectivity index (χ0v) is 17.5. The third kappa shape index (κ3) is 4.02. The van der Waals surface area contributed by atoms with Crippen LogP contribution in [0.2, 0.25) is 5.02 Å². The maximum atomic E-state index is 10.5. The summed E-state index contributed by atoms with van der Waals surface area (Å²) in [5.41, 5.74) is 2.11. The predicted molar refractivity (Wildman–Crippen MR) is 109 cm³/mol. The molecule has 8 nitrogen and oxygen atoms in total. The number of furan rings is 1. The average Bonchev–Trinajstić information content (AvgIpc) is 3.41. The maximum Gasteiger partial charge on any atom is 0.183 e. The van der Waals surface area contributed by atoms with Crippen molar-refractivity contribution in [3.05, 3.63) is 57.2 Å². The molecule has 1 fully saturated rings. The third-order valence-electron chi connectivity index (χ3n) is 5.17. The van der Waals surface area contributed by atoms with Gasteiger partial charge in [-0.1, -0.05) is 29.0 Å². The Morgan fingerprint density at radius 1 is 1.13 bits per heavy atom. The number of aliphatic hydroxyl groups is 4. The summed E-state index contributed by atoms with van der Waals surface area (Å²) < 4.78 is 11.0. The monoisotopic (exact) mass is 452 g/mol. The Morgan fingerprint density at radius 2 is 1.93 bits per heavy atom. The molecule has 0 saturated carbocycles. The fourth-order valence-electron chi connectivity index (χ4n) is 3.53. The summed E-state index contributed by atoms with van der Waals surface area (Å²) >= 11 is 7.83. The summed E-state index contributed by atoms with van der Waals surface area (Å²) in [4.78, 5) is 0. The summed E-state index contributed by atoms with van der Waals surface area (Å²) in [6.45, 7) is 1.33. The number of ether oxygens (including phenoxy) is 1. The molecule has 3 aromatic rings. The van der Waals surface area contributed by atoms with E-state index in [1.165, 1.54) is 11.3 Å². The number of aromatic nitrogens is 2. The van der Waals surface area contributed by atoms with E-state index in [0.29, 0.717) is 27.8 Å². The van der Waals surface area contributed by atoms with Crippen LogP contribution in [0, 0.1) is 6.92 Å². The Hall–Kier alpha value is -1.85. The number of aryl methyl sites for hydroxylation is 1. The van der Waals surface area contributed by atoms with Crippen LogP contribution in [-0.2, 0) is 11.2 Å². The number of hydrogen-bond acceptors (Lipinski definition) is 9. The van der Waals surface area contributed by atoms with Crippen LogP contribution in [0.4, 0.5) is 0 Å². The van der Waals surface area contributed by atoms with Crippen molar-refractivity contribution in [1.82, 2.24) is 10.2 Å². The van der Waals surface area contributed by atoms with Crippen LogP contribution < -0.4 is 0 Å². The minimum atomic E-state index is -1.45. The minimum Gasteiger partial charge on any atom is -0.462 e. The van der Waals surface area contributed by atoms with Gasteiger partial charge in [-0.2, -0.15) is 0 Å². The SMILES string of the molecule is Cc1cc(Cl)c(Cc2nnc(-c3ccco3)s2)cc1[C@@H]1O[C@H](CO)[C@@H](O)[C@H](O)[C@H]1O. The number of rotatable bonds is 5. The van der Waals surface area contributed by atoms with Crippen molar-refractivity contribution >= 4 is 22.9 Å². The highest BCUT2D eigenvalue weighted by molar-refractivity contribution is 7.14. The van der Waals surface area contributed by atoms with Gasteiger partial charge in [-0.15, -0.1) is 10.2 Å². The van der Waals surface area contributed by atoms with Crippen molar-refractivity contribution in [3.63, 3.8) is 0 Å². The van der Waals surface area contributed by atoms with Crippen molar-refractivity contribution in [1.29, 1.82) is 0 Å². The number of halogens is 1. The van der Waals surface area contributed by atoms with Crippen LogP contribution in [0.15, 0.2) is 34.9 Å². The normalized spacial score (nSPS) is 26.8. The second-order valence-corrected chi connectivity index (χ2v) is 8.67. The second kappa shape index (κ2) is 8.72. The zero-order valence-electron chi connectivity index (χ0n) is 16.0. The van der Waals surface area contributed by atoms with Gasteiger partial charge >= 0.3 is 0 Å². The van der Waals surface area contributed by atoms with E-state index in [1.54, 1.807) is 30.5 Å². The lowest BCUT2D eigenvalue weighted by atomic mass is 9.88. The first-order valence-electron chi connectivity index (χ1n) is 9.34. The third-order valence-corrected chi connectivity index (χ3v) is 6.46. The first kappa shape index (κ1) is 21.4. The van der Waals surface area contributed by atoms with Gasteiger partial charge in [0.25, 0.3) is 0 Å². The Labute approximate surface area is 181 Å². The fourth-order valence-corrected chi connectivity index (χ4v) is 4.64. The van der Waals surface area contributed by atoms with Crippen LogP contribution in [0.1, 0.15) is 27.8 Å². The number of hydrogen-bond donors (Lipinski definition) is 4. The Kier molecular flexibility index (Phi) is 6.21. The van der Waals surface area contributed by atoms with E-state index < -0.39 is 37.1 Å². The molecule has 3 heterocycles. The molecular weight excluding hydrogens is 432 g/mol. The lowest BCUT2D eigenvalue weighted by Gasteiger charge is -2.40. The van der Waals surface area contributed by atoms with Gasteiger partial charge in [-0.3, -0.25) is 0 Å². The molecule has 0 radical (unpaired) electrons. The quantitative estimate of drug-likeness (QED) is 0.461. The van der Waals surface area contributed by atoms with Gasteiger partial charge < -0.3 is 29.6 Å². The summed E-state index contributed by atoms with van der Waals surface area (Å²) in [5.74, 6) is 0.635. The van der Waals surface area contributed by atoms with E-state index in [1.807, 2.05) is 6.92 Å². The van der Waals surface area contributed by atoms with E-state index in [9.17, 15) is 20.4 Å². The summed E-state index contributed by atoms with van der Waals surface area (Å²) in [5, 5.41) is 50.3. The van der Waals surface area contributed by atoms with Crippen molar-refractivity contribution in [2.45, 2.75) is 43.9 Å². The number of benzene rings is 1. The Balaban J connectivity index is 1.63. The molecule has 2 aromatic heterocycles. The highest BCUT2D eigenvalue weighted by atomic mass is 35.5. The Morgan fingerprint density at radius 3 is 2.63 bits per heavy atom. The first-order chi connectivity index (χ1) is 14.4. The van der Waals surface area contributed by atoms with Crippen LogP contribution in [-0.4, -0.2) is 61.6 Å². The number of nitrogens with zero attached hydrogens (tertiary/aromatic N) is 2. The molecule has 0 aliphatic carbocycles. The zero-order chi connectivity index (χ0) is 21.4. The smallest absolute Gasteiger partial charge is 0.183 e. The highest BCUT2D eigenvalue weighted by Gasteiger charge is 2.44. The molecule has 4 rings (SSSR count). The van der Waals surface area contributed by atoms with Gasteiger partial charge in [0.15, 0.2) is 10.8 Å². The molecule has 1 saturated heterocycles. The van der Waals surface area contributed by atoms with Gasteiger partial charge in [-0.05, 0) is 41.8 Å². The molecule has 0 bridgehead atoms. The molecule has 10 heteroatoms. The predicted octanol–water partition coefficient (Wildman–Crippen LogP) is 1.87. The van der Waals surface area contributed by atoms with Gasteiger partial charge in [0.05, 0.1) is 12.9 Å². The molecule has 5 atom stereocenters. The largest absolute Gasteiger partial charge is 0.462 e. The molecule has 0 spiro atoms. The molecule has 4 N–H and O–H groups in total. The lowest BCUT2D eigenvalue weighted by Crippen LogP contribution is -2.55. The van der Waals surface area contributed by atoms with Crippen LogP contribution in [0.25, 0.3) is 10.8 Å². The van der Waals surface area contributed by atoms with E-state index >= 15 is 0 Å². The van der Waals surface area contributed by atoms with Gasteiger partial charge in [0.2, 0.25) is 0 Å². The first-order valence-corrected chi connectivity index (χ1v) is 10.5. The van der Waals surface area contributed by atoms with E-state index in [-0.39, 0.29) is 0 Å². The maximum absolute atomic E-state index is 10.5. The topological polar surface area (TPSA) is 129 Å². The van der Waals surface area contributed by atoms with Gasteiger partial charge in [-0.25, -0.2) is 0 Å². The molecule has 1 aliphatic heterocycles. The molecule has 1 aromatic carbocycles. The second-order valence-electron chi connectivity index (χ2n) is 7.20. The minimum absolute atomic E-state index is 0.405. The average molecular weight is 453 g/mol. The highest BCUT2D eigenvalue weighted by Crippen LogP contribution is 2.37. The fraction of sp³-hybridized carbons (Fsp3) is 0.400. The van der Waals surface area contributed by atoms with Crippen molar-refractivity contribution in [3.8, 4) is 10.8 Å². The molecule has 30 heavy (non-hydrogen) atoms. The van der Waals surface area contributed by atoms with Gasteiger partial charge in [0, 0.05) is 11.4 Å². The molecule has 1 aliphatic rings. The van der Waals surface area contributed by atoms with E-state index in [4.69, 9.17) is 20.8 Å². The van der Waals surface area contributed by atoms with Crippen LogP contribution >= 0.6 is 22.9 Å². The van der Waals surface area contributed by atoms with Crippen molar-refractivity contribution in [2.24, 2.45) is 0 Å². The summed E-state index contributed by atoms with van der Waals surface area (Å²) in [6.07, 6.45) is -4.14. The van der Waals surface area contributed by atoms with Crippen molar-refractivity contribution in [2.75, 3.05) is 6.61 Å². The van der Waals surface area contributed by atoms with Crippen molar-refractivity contribution < 1.29 is 29.6 Å². The van der Waals surface area contributed by atoms with Gasteiger partial charge in [0.1, 0.15) is 35.5 Å². The number of aliphatic hydroxyl groups excluding tert-OH is 4. The molecule has 0 unspecified atom stereocenters. The summed E-state index contributed by atoms with van der Waals surface area (Å²) in [7, 11) is 0. The van der Waals surface area contributed by atoms with Crippen LogP contribution in [0.3, 0.4) is 0 Å². The Bertz CT molecular complexity index is 1010. The van der Waals surface area contributed by atoms with E-state index in [0.717, 1.165) is 16.1 Å². The molecule has 0 amide bonds. The van der Waals surface area contributed by atoms with E-state index in [2.05, 4.69) is 10.2 Å². The lowest BCUT2D eigenvalue weighted by molar-refractivity contribution is -0.231. The standard InChI is InChI=1S/C20H21ClN2O6S/c1-9-5-12(21)10(7-15-22-23-20(30-15)13-3-2-4-28-13)6-11(9)19-18(27)17(26)16(25)14(8-24)29-19/h2-6,14,16-19,24-27H,7-8H2,1H3/t14-,16-,17+,18-,19+/m1/s1. The molecular formula is C20H21ClN2O6S. The van der Waals surface area contributed by atoms with Crippen LogP contribution in [0.5, 0.6) is 0 Å².